The molecule has 0 spiro atoms. The number of rotatable bonds is 35. The number of aliphatic hydroxyl groups excluding tert-OH is 2. The largest absolute Gasteiger partial charge is 0.463 e. The van der Waals surface area contributed by atoms with Gasteiger partial charge in [0.1, 0.15) is 19.3 Å². The number of carbonyl (C=O) groups excluding carboxylic acids is 2. The third-order valence-electron chi connectivity index (χ3n) is 8.48. The van der Waals surface area contributed by atoms with Crippen LogP contribution in [0.1, 0.15) is 168 Å². The molecule has 0 aliphatic heterocycles. The second kappa shape index (κ2) is 38.5. The fourth-order valence-electron chi connectivity index (χ4n) is 5.38. The summed E-state index contributed by atoms with van der Waals surface area (Å²) in [7, 11) is 0. The Morgan fingerprint density at radius 1 is 0.549 bits per heavy atom. The Hall–Kier alpha value is -2.70. The van der Waals surface area contributed by atoms with Gasteiger partial charge in [0.05, 0.1) is 6.10 Å². The third-order valence-corrected chi connectivity index (χ3v) is 8.48. The lowest BCUT2D eigenvalue weighted by atomic mass is 10.0. The van der Waals surface area contributed by atoms with Crippen molar-refractivity contribution in [1.82, 2.24) is 0 Å². The highest BCUT2D eigenvalue weighted by molar-refractivity contribution is 5.70. The normalized spacial score (nSPS) is 13.7. The van der Waals surface area contributed by atoms with Gasteiger partial charge in [0, 0.05) is 12.8 Å². The van der Waals surface area contributed by atoms with Crippen molar-refractivity contribution in [1.29, 1.82) is 0 Å². The molecule has 6 nitrogen and oxygen atoms in total. The van der Waals surface area contributed by atoms with Gasteiger partial charge in [-0.3, -0.25) is 9.59 Å². The van der Waals surface area contributed by atoms with E-state index in [-0.39, 0.29) is 31.6 Å². The first kappa shape index (κ1) is 48.3. The zero-order chi connectivity index (χ0) is 37.5. The van der Waals surface area contributed by atoms with E-state index in [1.165, 1.54) is 77.0 Å². The zero-order valence-corrected chi connectivity index (χ0v) is 32.9. The van der Waals surface area contributed by atoms with E-state index in [1.807, 2.05) is 30.4 Å². The minimum Gasteiger partial charge on any atom is -0.463 e. The highest BCUT2D eigenvalue weighted by Crippen LogP contribution is 2.15. The van der Waals surface area contributed by atoms with Crippen LogP contribution in [0.4, 0.5) is 0 Å². The van der Waals surface area contributed by atoms with Gasteiger partial charge in [-0.25, -0.2) is 0 Å². The summed E-state index contributed by atoms with van der Waals surface area (Å²) in [5.41, 5.74) is 0. The molecular formula is C45H76O6. The molecule has 51 heavy (non-hydrogen) atoms. The number of esters is 2. The standard InChI is InChI=1S/C45H76O6/c1-4-5-29-35-42(46)36-31-26-22-18-14-10-8-12-16-20-24-28-33-38-45(49)51-40-43(47)39-50-44(48)37-32-27-23-19-15-11-7-6-9-13-17-21-25-30-34-41(2)3/h5,10,12,14,16,22,24,26,28-29,31,36,41-43,46-47H,4,6-9,11,13,15,17-21,23,25,27,30,32-35,37-40H2,1-3H3/b14-10-,16-12-,26-22+,28-24-,29-5-,36-31+/t42?,43-/m0/s1. The fraction of sp³-hybridized carbons (Fsp3) is 0.689. The maximum atomic E-state index is 12.0. The average molecular weight is 713 g/mol. The molecule has 0 saturated heterocycles. The van der Waals surface area contributed by atoms with Crippen LogP contribution < -0.4 is 0 Å². The average Bonchev–Trinajstić information content (AvgIpc) is 3.11. The monoisotopic (exact) mass is 713 g/mol. The van der Waals surface area contributed by atoms with E-state index in [0.717, 1.165) is 50.9 Å². The number of hydrogen-bond acceptors (Lipinski definition) is 6. The summed E-state index contributed by atoms with van der Waals surface area (Å²) in [6.45, 7) is 6.38. The number of allylic oxidation sites excluding steroid dienone is 10. The van der Waals surface area contributed by atoms with Crippen molar-refractivity contribution in [2.75, 3.05) is 13.2 Å². The van der Waals surface area contributed by atoms with Gasteiger partial charge in [0.25, 0.3) is 0 Å². The van der Waals surface area contributed by atoms with Crippen LogP contribution >= 0.6 is 0 Å². The second-order valence-corrected chi connectivity index (χ2v) is 14.1. The zero-order valence-electron chi connectivity index (χ0n) is 32.9. The Balaban J connectivity index is 3.61. The topological polar surface area (TPSA) is 93.1 Å². The quantitative estimate of drug-likeness (QED) is 0.0294. The van der Waals surface area contributed by atoms with Crippen molar-refractivity contribution >= 4 is 11.9 Å². The van der Waals surface area contributed by atoms with Crippen LogP contribution in [0.2, 0.25) is 0 Å². The molecule has 0 aliphatic carbocycles. The van der Waals surface area contributed by atoms with Crippen LogP contribution in [-0.4, -0.2) is 47.6 Å². The Kier molecular flexibility index (Phi) is 36.5. The lowest BCUT2D eigenvalue weighted by Gasteiger charge is -2.12. The molecule has 1 unspecified atom stereocenters. The van der Waals surface area contributed by atoms with Gasteiger partial charge >= 0.3 is 11.9 Å². The highest BCUT2D eigenvalue weighted by atomic mass is 16.6. The van der Waals surface area contributed by atoms with Crippen molar-refractivity contribution in [3.05, 3.63) is 72.9 Å². The van der Waals surface area contributed by atoms with Crippen molar-refractivity contribution in [2.45, 2.75) is 181 Å². The molecule has 0 fully saturated rings. The summed E-state index contributed by atoms with van der Waals surface area (Å²) < 4.78 is 10.3. The van der Waals surface area contributed by atoms with Crippen molar-refractivity contribution in [3.63, 3.8) is 0 Å². The molecule has 0 bridgehead atoms. The molecule has 2 N–H and O–H groups in total. The number of ether oxygens (including phenoxy) is 2. The summed E-state index contributed by atoms with van der Waals surface area (Å²) in [6, 6.07) is 0. The van der Waals surface area contributed by atoms with Crippen molar-refractivity contribution < 1.29 is 29.3 Å². The molecule has 6 heteroatoms. The molecule has 0 heterocycles. The van der Waals surface area contributed by atoms with Crippen LogP contribution in [0, 0.1) is 5.92 Å². The van der Waals surface area contributed by atoms with Crippen LogP contribution in [0.15, 0.2) is 72.9 Å². The number of carbonyl (C=O) groups is 2. The van der Waals surface area contributed by atoms with Gasteiger partial charge in [-0.05, 0) is 50.9 Å². The molecule has 0 aromatic rings. The summed E-state index contributed by atoms with van der Waals surface area (Å²) in [5, 5.41) is 19.8. The second-order valence-electron chi connectivity index (χ2n) is 14.1. The van der Waals surface area contributed by atoms with E-state index in [4.69, 9.17) is 9.47 Å². The Bertz CT molecular complexity index is 973. The van der Waals surface area contributed by atoms with Gasteiger partial charge in [-0.1, -0.05) is 184 Å². The first-order chi connectivity index (χ1) is 24.8. The number of aliphatic hydroxyl groups is 2. The van der Waals surface area contributed by atoms with E-state index in [1.54, 1.807) is 6.08 Å². The van der Waals surface area contributed by atoms with Gasteiger partial charge in [0.15, 0.2) is 0 Å². The SMILES string of the molecule is CC/C=C\CC(O)/C=C/C=C/C/C=C\C/C=C\C/C=C\CCC(=O)OC[C@@H](O)COC(=O)CCCCCCCCCCCCCCCCC(C)C. The van der Waals surface area contributed by atoms with E-state index in [2.05, 4.69) is 57.2 Å². The predicted molar refractivity (Wildman–Crippen MR) is 215 cm³/mol. The molecule has 2 atom stereocenters. The lowest BCUT2D eigenvalue weighted by molar-refractivity contribution is -0.152. The Labute approximate surface area is 313 Å². The van der Waals surface area contributed by atoms with E-state index >= 15 is 0 Å². The summed E-state index contributed by atoms with van der Waals surface area (Å²) >= 11 is 0. The lowest BCUT2D eigenvalue weighted by Crippen LogP contribution is -2.25. The van der Waals surface area contributed by atoms with Gasteiger partial charge < -0.3 is 19.7 Å². The van der Waals surface area contributed by atoms with Gasteiger partial charge in [-0.15, -0.1) is 0 Å². The summed E-state index contributed by atoms with van der Waals surface area (Å²) in [5.74, 6) is 0.162. The third kappa shape index (κ3) is 39.9. The maximum absolute atomic E-state index is 12.0. The molecule has 0 amide bonds. The molecule has 0 saturated carbocycles. The molecule has 0 aromatic carbocycles. The molecule has 0 rings (SSSR count). The van der Waals surface area contributed by atoms with Gasteiger partial charge in [-0.2, -0.15) is 0 Å². The van der Waals surface area contributed by atoms with Crippen LogP contribution in [-0.2, 0) is 19.1 Å². The van der Waals surface area contributed by atoms with Crippen molar-refractivity contribution in [3.8, 4) is 0 Å². The van der Waals surface area contributed by atoms with Crippen LogP contribution in [0.3, 0.4) is 0 Å². The van der Waals surface area contributed by atoms with Crippen LogP contribution in [0.5, 0.6) is 0 Å². The predicted octanol–water partition coefficient (Wildman–Crippen LogP) is 11.8. The Morgan fingerprint density at radius 2 is 1.02 bits per heavy atom. The number of hydrogen-bond donors (Lipinski definition) is 2. The van der Waals surface area contributed by atoms with Gasteiger partial charge in [0.2, 0.25) is 0 Å². The van der Waals surface area contributed by atoms with E-state index in [9.17, 15) is 19.8 Å². The molecule has 0 radical (unpaired) electrons. The molecule has 0 aromatic heterocycles. The Morgan fingerprint density at radius 3 is 1.55 bits per heavy atom. The van der Waals surface area contributed by atoms with E-state index in [0.29, 0.717) is 19.3 Å². The molecular weight excluding hydrogens is 636 g/mol. The minimum atomic E-state index is -1.01. The first-order valence-electron chi connectivity index (χ1n) is 20.5. The summed E-state index contributed by atoms with van der Waals surface area (Å²) in [4.78, 5) is 23.9. The highest BCUT2D eigenvalue weighted by Gasteiger charge is 2.11. The fourth-order valence-corrected chi connectivity index (χ4v) is 5.38. The van der Waals surface area contributed by atoms with Crippen LogP contribution in [0.25, 0.3) is 0 Å². The van der Waals surface area contributed by atoms with E-state index < -0.39 is 12.2 Å². The molecule has 0 aliphatic rings. The molecule has 292 valence electrons. The summed E-state index contributed by atoms with van der Waals surface area (Å²) in [6.07, 6.45) is 47.3. The smallest absolute Gasteiger partial charge is 0.306 e. The first-order valence-corrected chi connectivity index (χ1v) is 20.5. The van der Waals surface area contributed by atoms with Crippen molar-refractivity contribution in [2.24, 2.45) is 5.92 Å². The number of unbranched alkanes of at least 4 members (excludes halogenated alkanes) is 13. The maximum Gasteiger partial charge on any atom is 0.306 e. The minimum absolute atomic E-state index is 0.151.